The zero-order valence-electron chi connectivity index (χ0n) is 15.0. The smallest absolute Gasteiger partial charge is 0.272 e. The zero-order chi connectivity index (χ0) is 18.1. The van der Waals surface area contributed by atoms with Gasteiger partial charge in [0.2, 0.25) is 0 Å². The Morgan fingerprint density at radius 2 is 2.15 bits per heavy atom. The molecular formula is C19H22N6O. The number of aryl methyl sites for hydroxylation is 2. The van der Waals surface area contributed by atoms with Gasteiger partial charge < -0.3 is 9.47 Å². The van der Waals surface area contributed by atoms with Gasteiger partial charge in [-0.2, -0.15) is 5.10 Å². The van der Waals surface area contributed by atoms with E-state index < -0.39 is 0 Å². The summed E-state index contributed by atoms with van der Waals surface area (Å²) in [6.45, 7) is 6.16. The lowest BCUT2D eigenvalue weighted by Gasteiger charge is -2.20. The molecule has 3 aromatic heterocycles. The minimum Gasteiger partial charge on any atom is -0.335 e. The third-order valence-electron chi connectivity index (χ3n) is 4.95. The standard InChI is InChI=1S/C19H22N6O/c1-3-24-17(6-9-22-24)19(26)23-10-7-16(13-23)25-14(2)11-21-18(25)15-5-4-8-20-12-15/h4-6,8-9,11-12,16H,3,7,10,13H2,1-2H3. The maximum absolute atomic E-state index is 12.9. The van der Waals surface area contributed by atoms with E-state index in [0.717, 1.165) is 30.0 Å². The molecular weight excluding hydrogens is 328 g/mol. The molecule has 7 nitrogen and oxygen atoms in total. The van der Waals surface area contributed by atoms with Crippen LogP contribution in [0.3, 0.4) is 0 Å². The van der Waals surface area contributed by atoms with Gasteiger partial charge in [0.25, 0.3) is 5.91 Å². The maximum Gasteiger partial charge on any atom is 0.272 e. The van der Waals surface area contributed by atoms with Crippen LogP contribution in [-0.2, 0) is 6.54 Å². The molecule has 1 unspecified atom stereocenters. The van der Waals surface area contributed by atoms with E-state index in [1.165, 1.54) is 0 Å². The van der Waals surface area contributed by atoms with E-state index in [1.54, 1.807) is 23.1 Å². The number of hydrogen-bond donors (Lipinski definition) is 0. The van der Waals surface area contributed by atoms with Gasteiger partial charge in [-0.15, -0.1) is 0 Å². The fourth-order valence-electron chi connectivity index (χ4n) is 3.68. The van der Waals surface area contributed by atoms with Crippen LogP contribution in [0.1, 0.15) is 35.6 Å². The number of pyridine rings is 1. The molecule has 134 valence electrons. The number of imidazole rings is 1. The third kappa shape index (κ3) is 2.79. The van der Waals surface area contributed by atoms with Crippen LogP contribution in [-0.4, -0.2) is 48.2 Å². The largest absolute Gasteiger partial charge is 0.335 e. The third-order valence-corrected chi connectivity index (χ3v) is 4.95. The van der Waals surface area contributed by atoms with Crippen molar-refractivity contribution in [2.45, 2.75) is 32.9 Å². The summed E-state index contributed by atoms with van der Waals surface area (Å²) in [6, 6.07) is 5.95. The van der Waals surface area contributed by atoms with Gasteiger partial charge in [0.15, 0.2) is 0 Å². The Bertz CT molecular complexity index is 913. The topological polar surface area (TPSA) is 68.8 Å². The molecule has 7 heteroatoms. The van der Waals surface area contributed by atoms with Gasteiger partial charge in [0.1, 0.15) is 11.5 Å². The quantitative estimate of drug-likeness (QED) is 0.725. The van der Waals surface area contributed by atoms with Crippen molar-refractivity contribution >= 4 is 5.91 Å². The average molecular weight is 350 g/mol. The predicted molar refractivity (Wildman–Crippen MR) is 97.7 cm³/mol. The molecule has 4 rings (SSSR count). The summed E-state index contributed by atoms with van der Waals surface area (Å²) in [5.41, 5.74) is 2.75. The van der Waals surface area contributed by atoms with Gasteiger partial charge in [-0.25, -0.2) is 4.98 Å². The molecule has 1 aliphatic rings. The summed E-state index contributed by atoms with van der Waals surface area (Å²) < 4.78 is 3.99. The fourth-order valence-corrected chi connectivity index (χ4v) is 3.68. The Labute approximate surface area is 152 Å². The molecule has 0 radical (unpaired) electrons. The van der Waals surface area contributed by atoms with Crippen LogP contribution in [0.25, 0.3) is 11.4 Å². The highest BCUT2D eigenvalue weighted by Gasteiger charge is 2.31. The summed E-state index contributed by atoms with van der Waals surface area (Å²) in [5.74, 6) is 0.959. The van der Waals surface area contributed by atoms with E-state index in [4.69, 9.17) is 0 Å². The van der Waals surface area contributed by atoms with E-state index in [-0.39, 0.29) is 11.9 Å². The highest BCUT2D eigenvalue weighted by Crippen LogP contribution is 2.30. The van der Waals surface area contributed by atoms with Crippen molar-refractivity contribution in [1.29, 1.82) is 0 Å². The van der Waals surface area contributed by atoms with Crippen LogP contribution in [0, 0.1) is 6.92 Å². The summed E-state index contributed by atoms with van der Waals surface area (Å²) in [4.78, 5) is 23.6. The first-order valence-electron chi connectivity index (χ1n) is 8.94. The van der Waals surface area contributed by atoms with Crippen molar-refractivity contribution < 1.29 is 4.79 Å². The maximum atomic E-state index is 12.9. The normalized spacial score (nSPS) is 17.0. The molecule has 1 saturated heterocycles. The van der Waals surface area contributed by atoms with Gasteiger partial charge in [-0.05, 0) is 38.5 Å². The van der Waals surface area contributed by atoms with E-state index in [2.05, 4.69) is 26.6 Å². The lowest BCUT2D eigenvalue weighted by Crippen LogP contribution is -2.31. The van der Waals surface area contributed by atoms with Crippen molar-refractivity contribution in [2.75, 3.05) is 13.1 Å². The van der Waals surface area contributed by atoms with Gasteiger partial charge in [0, 0.05) is 55.7 Å². The first-order chi connectivity index (χ1) is 12.7. The minimum atomic E-state index is 0.0487. The molecule has 1 fully saturated rings. The van der Waals surface area contributed by atoms with Crippen LogP contribution in [0.2, 0.25) is 0 Å². The number of amides is 1. The van der Waals surface area contributed by atoms with Gasteiger partial charge in [-0.3, -0.25) is 14.5 Å². The molecule has 0 N–H and O–H groups in total. The number of nitrogens with zero attached hydrogens (tertiary/aromatic N) is 6. The second-order valence-corrected chi connectivity index (χ2v) is 6.56. The lowest BCUT2D eigenvalue weighted by atomic mass is 10.2. The Hall–Kier alpha value is -2.96. The minimum absolute atomic E-state index is 0.0487. The number of rotatable bonds is 4. The molecule has 1 aliphatic heterocycles. The number of likely N-dealkylation sites (tertiary alicyclic amines) is 1. The van der Waals surface area contributed by atoms with Crippen LogP contribution >= 0.6 is 0 Å². The Morgan fingerprint density at radius 3 is 2.92 bits per heavy atom. The highest BCUT2D eigenvalue weighted by atomic mass is 16.2. The number of carbonyl (C=O) groups excluding carboxylic acids is 1. The molecule has 1 amide bonds. The molecule has 0 aliphatic carbocycles. The van der Waals surface area contributed by atoms with E-state index in [0.29, 0.717) is 18.8 Å². The van der Waals surface area contributed by atoms with Gasteiger partial charge in [-0.1, -0.05) is 0 Å². The Kier molecular flexibility index (Phi) is 4.28. The van der Waals surface area contributed by atoms with Crippen LogP contribution in [0.15, 0.2) is 43.0 Å². The molecule has 0 saturated carbocycles. The molecule has 0 spiro atoms. The zero-order valence-corrected chi connectivity index (χ0v) is 15.0. The van der Waals surface area contributed by atoms with Gasteiger partial charge in [0.05, 0.1) is 6.04 Å². The molecule has 3 aromatic rings. The van der Waals surface area contributed by atoms with Crippen LogP contribution < -0.4 is 0 Å². The molecule has 0 aromatic carbocycles. The number of carbonyl (C=O) groups is 1. The second-order valence-electron chi connectivity index (χ2n) is 6.56. The van der Waals surface area contributed by atoms with E-state index in [9.17, 15) is 4.79 Å². The van der Waals surface area contributed by atoms with Crippen molar-refractivity contribution in [1.82, 2.24) is 29.2 Å². The number of aromatic nitrogens is 5. The monoisotopic (exact) mass is 350 g/mol. The molecule has 1 atom stereocenters. The van der Waals surface area contributed by atoms with Crippen molar-refractivity contribution in [3.8, 4) is 11.4 Å². The molecule has 4 heterocycles. The van der Waals surface area contributed by atoms with Crippen molar-refractivity contribution in [3.05, 3.63) is 54.4 Å². The average Bonchev–Trinajstić information content (AvgIpc) is 3.40. The lowest BCUT2D eigenvalue weighted by molar-refractivity contribution is 0.0775. The van der Waals surface area contributed by atoms with Crippen molar-refractivity contribution in [3.63, 3.8) is 0 Å². The summed E-state index contributed by atoms with van der Waals surface area (Å²) in [7, 11) is 0. The summed E-state index contributed by atoms with van der Waals surface area (Å²) in [6.07, 6.45) is 8.08. The van der Waals surface area contributed by atoms with Crippen molar-refractivity contribution in [2.24, 2.45) is 0 Å². The van der Waals surface area contributed by atoms with E-state index in [1.807, 2.05) is 36.4 Å². The first-order valence-corrected chi connectivity index (χ1v) is 8.94. The molecule has 26 heavy (non-hydrogen) atoms. The van der Waals surface area contributed by atoms with E-state index >= 15 is 0 Å². The Balaban J connectivity index is 1.58. The summed E-state index contributed by atoms with van der Waals surface area (Å²) in [5, 5.41) is 4.21. The highest BCUT2D eigenvalue weighted by molar-refractivity contribution is 5.92. The Morgan fingerprint density at radius 1 is 1.27 bits per heavy atom. The van der Waals surface area contributed by atoms with Gasteiger partial charge >= 0.3 is 0 Å². The first kappa shape index (κ1) is 16.5. The van der Waals surface area contributed by atoms with Crippen LogP contribution in [0.4, 0.5) is 0 Å². The second kappa shape index (κ2) is 6.74. The number of hydrogen-bond acceptors (Lipinski definition) is 4. The fraction of sp³-hybridized carbons (Fsp3) is 0.368. The van der Waals surface area contributed by atoms with Crippen LogP contribution in [0.5, 0.6) is 0 Å². The molecule has 0 bridgehead atoms. The predicted octanol–water partition coefficient (Wildman–Crippen LogP) is 2.56. The summed E-state index contributed by atoms with van der Waals surface area (Å²) >= 11 is 0. The SMILES string of the molecule is CCn1nccc1C(=O)N1CCC(n2c(C)cnc2-c2cccnc2)C1.